The molecule has 1 aliphatic carbocycles. The second-order valence-electron chi connectivity index (χ2n) is 9.31. The molecule has 5 heteroatoms. The van der Waals surface area contributed by atoms with E-state index >= 15 is 0 Å². The molecule has 4 aromatic carbocycles. The predicted octanol–water partition coefficient (Wildman–Crippen LogP) is 6.45. The number of rotatable bonds is 8. The van der Waals surface area contributed by atoms with Gasteiger partial charge in [0.2, 0.25) is 0 Å². The number of hydrogen-bond acceptors (Lipinski definition) is 3. The summed E-state index contributed by atoms with van der Waals surface area (Å²) >= 11 is 0. The number of alkyl carbamates (subject to hydrolysis) is 1. The van der Waals surface area contributed by atoms with Crippen molar-refractivity contribution in [2.24, 2.45) is 0 Å². The molecular formula is C32H29NO4. The number of carbonyl (C=O) groups excluding carboxylic acids is 1. The number of aryl methyl sites for hydroxylation is 1. The fraction of sp³-hybridized carbons (Fsp3) is 0.188. The van der Waals surface area contributed by atoms with Gasteiger partial charge in [0.1, 0.15) is 12.6 Å². The van der Waals surface area contributed by atoms with E-state index in [1.807, 2.05) is 60.7 Å². The Bertz CT molecular complexity index is 1360. The first-order valence-electron chi connectivity index (χ1n) is 12.6. The third-order valence-electron chi connectivity index (χ3n) is 7.02. The van der Waals surface area contributed by atoms with Gasteiger partial charge in [-0.1, -0.05) is 104 Å². The van der Waals surface area contributed by atoms with Gasteiger partial charge in [0.05, 0.1) is 0 Å². The van der Waals surface area contributed by atoms with Crippen LogP contribution < -0.4 is 5.32 Å². The Hall–Kier alpha value is -4.38. The quantitative estimate of drug-likeness (QED) is 0.297. The van der Waals surface area contributed by atoms with Crippen molar-refractivity contribution < 1.29 is 19.4 Å². The number of ether oxygens (including phenoxy) is 1. The molecular weight excluding hydrogens is 462 g/mol. The Morgan fingerprint density at radius 3 is 1.81 bits per heavy atom. The van der Waals surface area contributed by atoms with Crippen molar-refractivity contribution in [3.63, 3.8) is 0 Å². The highest BCUT2D eigenvalue weighted by Gasteiger charge is 2.29. The number of benzene rings is 4. The van der Waals surface area contributed by atoms with Crippen LogP contribution >= 0.6 is 0 Å². The van der Waals surface area contributed by atoms with Crippen LogP contribution in [-0.2, 0) is 22.4 Å². The van der Waals surface area contributed by atoms with Crippen molar-refractivity contribution in [1.29, 1.82) is 0 Å². The molecule has 5 rings (SSSR count). The van der Waals surface area contributed by atoms with Crippen molar-refractivity contribution in [2.45, 2.75) is 31.7 Å². The molecule has 0 unspecified atom stereocenters. The predicted molar refractivity (Wildman–Crippen MR) is 145 cm³/mol. The number of carbonyl (C=O) groups is 2. The van der Waals surface area contributed by atoms with Gasteiger partial charge in [0, 0.05) is 12.3 Å². The Morgan fingerprint density at radius 1 is 0.784 bits per heavy atom. The Morgan fingerprint density at radius 2 is 1.30 bits per heavy atom. The van der Waals surface area contributed by atoms with Gasteiger partial charge in [-0.3, -0.25) is 0 Å². The van der Waals surface area contributed by atoms with Crippen LogP contribution in [0.2, 0.25) is 0 Å². The van der Waals surface area contributed by atoms with Crippen LogP contribution in [0.1, 0.15) is 35.1 Å². The third kappa shape index (κ3) is 5.26. The second kappa shape index (κ2) is 10.7. The lowest BCUT2D eigenvalue weighted by molar-refractivity contribution is -0.139. The summed E-state index contributed by atoms with van der Waals surface area (Å²) in [6.45, 7) is 2.26. The molecule has 0 saturated carbocycles. The number of fused-ring (bicyclic) bond motifs is 3. The summed E-state index contributed by atoms with van der Waals surface area (Å²) in [7, 11) is 0. The number of hydrogen-bond donors (Lipinski definition) is 2. The molecule has 0 fully saturated rings. The van der Waals surface area contributed by atoms with Gasteiger partial charge in [-0.15, -0.1) is 0 Å². The van der Waals surface area contributed by atoms with E-state index in [0.29, 0.717) is 0 Å². The molecule has 0 bridgehead atoms. The van der Waals surface area contributed by atoms with E-state index in [2.05, 4.69) is 48.6 Å². The summed E-state index contributed by atoms with van der Waals surface area (Å²) in [5.74, 6) is -1.19. The number of amides is 1. The third-order valence-corrected chi connectivity index (χ3v) is 7.02. The van der Waals surface area contributed by atoms with Gasteiger partial charge >= 0.3 is 12.1 Å². The maximum Gasteiger partial charge on any atom is 0.407 e. The summed E-state index contributed by atoms with van der Waals surface area (Å²) in [5, 5.41) is 12.3. The fourth-order valence-electron chi connectivity index (χ4n) is 4.98. The highest BCUT2D eigenvalue weighted by Crippen LogP contribution is 2.44. The number of carboxylic acid groups (broad SMARTS) is 1. The van der Waals surface area contributed by atoms with E-state index in [-0.39, 0.29) is 18.9 Å². The van der Waals surface area contributed by atoms with Crippen LogP contribution in [0.4, 0.5) is 4.79 Å². The zero-order valence-corrected chi connectivity index (χ0v) is 20.7. The van der Waals surface area contributed by atoms with Crippen LogP contribution in [-0.4, -0.2) is 29.8 Å². The largest absolute Gasteiger partial charge is 0.480 e. The summed E-state index contributed by atoms with van der Waals surface area (Å²) in [6, 6.07) is 31.2. The van der Waals surface area contributed by atoms with Gasteiger partial charge < -0.3 is 15.2 Å². The normalized spacial score (nSPS) is 12.9. The minimum Gasteiger partial charge on any atom is -0.480 e. The van der Waals surface area contributed by atoms with Crippen LogP contribution in [0.15, 0.2) is 97.1 Å². The second-order valence-corrected chi connectivity index (χ2v) is 9.31. The average Bonchev–Trinajstić information content (AvgIpc) is 3.25. The number of nitrogens with one attached hydrogen (secondary N) is 1. The summed E-state index contributed by atoms with van der Waals surface area (Å²) in [6.07, 6.45) is 0.419. The van der Waals surface area contributed by atoms with Crippen molar-refractivity contribution >= 4 is 12.1 Å². The van der Waals surface area contributed by atoms with E-state index in [9.17, 15) is 14.7 Å². The number of aliphatic carboxylic acids is 1. The molecule has 1 amide bonds. The first kappa shape index (κ1) is 24.3. The van der Waals surface area contributed by atoms with E-state index in [1.165, 1.54) is 5.56 Å². The molecule has 0 saturated heterocycles. The minimum atomic E-state index is -1.10. The summed E-state index contributed by atoms with van der Waals surface area (Å²) in [5.41, 5.74) is 8.76. The lowest BCUT2D eigenvalue weighted by atomic mass is 9.98. The van der Waals surface area contributed by atoms with Crippen LogP contribution in [0.5, 0.6) is 0 Å². The van der Waals surface area contributed by atoms with Crippen LogP contribution in [0.25, 0.3) is 22.3 Å². The molecule has 4 aromatic rings. The molecule has 0 spiro atoms. The van der Waals surface area contributed by atoms with Crippen molar-refractivity contribution in [3.8, 4) is 22.3 Å². The monoisotopic (exact) mass is 491 g/mol. The average molecular weight is 492 g/mol. The lowest BCUT2D eigenvalue weighted by Gasteiger charge is -2.17. The van der Waals surface area contributed by atoms with E-state index in [0.717, 1.165) is 45.4 Å². The molecule has 0 aromatic heterocycles. The van der Waals surface area contributed by atoms with Crippen molar-refractivity contribution in [3.05, 3.63) is 119 Å². The maximum absolute atomic E-state index is 12.6. The highest BCUT2D eigenvalue weighted by atomic mass is 16.5. The zero-order valence-electron chi connectivity index (χ0n) is 20.7. The molecule has 2 N–H and O–H groups in total. The standard InChI is InChI=1S/C32H29NO4/c1-2-21-11-15-23(16-12-21)24-17-13-22(14-18-24)19-30(31(34)35)33-32(36)37-20-29-27-9-5-3-7-25(27)26-8-4-6-10-28(26)29/h3-18,29-30H,2,19-20H2,1H3,(H,33,36)(H,34,35)/t30-/m0/s1. The first-order valence-corrected chi connectivity index (χ1v) is 12.6. The topological polar surface area (TPSA) is 75.6 Å². The van der Waals surface area contributed by atoms with Gasteiger partial charge in [0.25, 0.3) is 0 Å². The molecule has 5 nitrogen and oxygen atoms in total. The van der Waals surface area contributed by atoms with Crippen molar-refractivity contribution in [1.82, 2.24) is 5.32 Å². The molecule has 186 valence electrons. The van der Waals surface area contributed by atoms with Crippen LogP contribution in [0, 0.1) is 0 Å². The zero-order chi connectivity index (χ0) is 25.8. The molecule has 1 atom stereocenters. The smallest absolute Gasteiger partial charge is 0.407 e. The first-order chi connectivity index (χ1) is 18.0. The maximum atomic E-state index is 12.6. The molecule has 0 aliphatic heterocycles. The lowest BCUT2D eigenvalue weighted by Crippen LogP contribution is -2.42. The number of carboxylic acids is 1. The van der Waals surface area contributed by atoms with E-state index < -0.39 is 18.1 Å². The Kier molecular flexibility index (Phi) is 7.04. The highest BCUT2D eigenvalue weighted by molar-refractivity contribution is 5.81. The van der Waals surface area contributed by atoms with Gasteiger partial charge in [-0.25, -0.2) is 9.59 Å². The van der Waals surface area contributed by atoms with Crippen molar-refractivity contribution in [2.75, 3.05) is 6.61 Å². The Labute approximate surface area is 216 Å². The fourth-order valence-corrected chi connectivity index (χ4v) is 4.98. The van der Waals surface area contributed by atoms with Gasteiger partial charge in [0.15, 0.2) is 0 Å². The molecule has 37 heavy (non-hydrogen) atoms. The molecule has 1 aliphatic rings. The minimum absolute atomic E-state index is 0.0830. The SMILES string of the molecule is CCc1ccc(-c2ccc(C[C@H](NC(=O)OCC3c4ccccc4-c4ccccc43)C(=O)O)cc2)cc1. The summed E-state index contributed by atoms with van der Waals surface area (Å²) < 4.78 is 5.54. The van der Waals surface area contributed by atoms with Gasteiger partial charge in [-0.2, -0.15) is 0 Å². The summed E-state index contributed by atoms with van der Waals surface area (Å²) in [4.78, 5) is 24.5. The molecule has 0 heterocycles. The van der Waals surface area contributed by atoms with E-state index in [1.54, 1.807) is 0 Å². The van der Waals surface area contributed by atoms with Gasteiger partial charge in [-0.05, 0) is 50.9 Å². The van der Waals surface area contributed by atoms with E-state index in [4.69, 9.17) is 4.74 Å². The molecule has 0 radical (unpaired) electrons. The Balaban J connectivity index is 1.22. The van der Waals surface area contributed by atoms with Crippen LogP contribution in [0.3, 0.4) is 0 Å².